The first kappa shape index (κ1) is 7.77. The van der Waals surface area contributed by atoms with Gasteiger partial charge in [0, 0.05) is 24.8 Å². The van der Waals surface area contributed by atoms with E-state index in [9.17, 15) is 9.59 Å². The minimum absolute atomic E-state index is 0.000000000000000444. The molecular weight excluding hydrogens is 154 g/mol. The van der Waals surface area contributed by atoms with Gasteiger partial charge in [-0.25, -0.2) is 0 Å². The number of carbonyl (C=O) groups excluding carboxylic acids is 2. The van der Waals surface area contributed by atoms with Gasteiger partial charge in [0.05, 0.1) is 0 Å². The van der Waals surface area contributed by atoms with E-state index in [2.05, 4.69) is 5.32 Å². The second-order valence-electron chi connectivity index (χ2n) is 3.65. The molecule has 0 aromatic rings. The molecule has 0 radical (unpaired) electrons. The molecule has 66 valence electrons. The SMILES string of the molecule is O=C1CCNC(=O)C2CCCC12. The van der Waals surface area contributed by atoms with Gasteiger partial charge in [-0.05, 0) is 12.8 Å². The number of nitrogens with one attached hydrogen (secondary N) is 1. The summed E-state index contributed by atoms with van der Waals surface area (Å²) in [5.74, 6) is 0.437. The maximum Gasteiger partial charge on any atom is 0.223 e. The second-order valence-corrected chi connectivity index (χ2v) is 3.65. The fourth-order valence-electron chi connectivity index (χ4n) is 2.28. The van der Waals surface area contributed by atoms with E-state index in [0.717, 1.165) is 19.3 Å². The van der Waals surface area contributed by atoms with Gasteiger partial charge in [0.1, 0.15) is 5.78 Å². The zero-order chi connectivity index (χ0) is 8.55. The minimum atomic E-state index is -0.000000000000000444. The van der Waals surface area contributed by atoms with E-state index in [0.29, 0.717) is 13.0 Å². The van der Waals surface area contributed by atoms with Crippen LogP contribution in [-0.4, -0.2) is 18.2 Å². The standard InChI is InChI=1S/C9H13NO2/c11-8-4-5-10-9(12)7-3-1-2-6(7)8/h6-7H,1-5H2,(H,10,12). The van der Waals surface area contributed by atoms with Crippen molar-refractivity contribution in [2.24, 2.45) is 11.8 Å². The van der Waals surface area contributed by atoms with Crippen LogP contribution in [-0.2, 0) is 9.59 Å². The number of rotatable bonds is 0. The minimum Gasteiger partial charge on any atom is -0.355 e. The van der Waals surface area contributed by atoms with E-state index in [4.69, 9.17) is 0 Å². The Morgan fingerprint density at radius 3 is 2.75 bits per heavy atom. The Balaban J connectivity index is 2.20. The molecule has 1 saturated carbocycles. The highest BCUT2D eigenvalue weighted by molar-refractivity contribution is 5.91. The molecule has 3 heteroatoms. The predicted molar refractivity (Wildman–Crippen MR) is 43.5 cm³/mol. The van der Waals surface area contributed by atoms with Gasteiger partial charge in [-0.2, -0.15) is 0 Å². The van der Waals surface area contributed by atoms with Crippen LogP contribution in [0.25, 0.3) is 0 Å². The smallest absolute Gasteiger partial charge is 0.223 e. The van der Waals surface area contributed by atoms with Crippen LogP contribution in [0.1, 0.15) is 25.7 Å². The molecule has 1 amide bonds. The third kappa shape index (κ3) is 1.13. The molecule has 12 heavy (non-hydrogen) atoms. The summed E-state index contributed by atoms with van der Waals surface area (Å²) in [6, 6.07) is 0. The van der Waals surface area contributed by atoms with Crippen LogP contribution in [0.3, 0.4) is 0 Å². The van der Waals surface area contributed by atoms with Gasteiger partial charge in [0.25, 0.3) is 0 Å². The summed E-state index contributed by atoms with van der Waals surface area (Å²) in [4.78, 5) is 22.8. The first-order valence-corrected chi connectivity index (χ1v) is 4.59. The molecule has 2 atom stereocenters. The molecule has 0 bridgehead atoms. The lowest BCUT2D eigenvalue weighted by Crippen LogP contribution is -2.30. The van der Waals surface area contributed by atoms with Gasteiger partial charge in [0.15, 0.2) is 0 Å². The highest BCUT2D eigenvalue weighted by atomic mass is 16.2. The van der Waals surface area contributed by atoms with Crippen molar-refractivity contribution in [2.45, 2.75) is 25.7 Å². The Bertz CT molecular complexity index is 203. The molecule has 1 aliphatic carbocycles. The van der Waals surface area contributed by atoms with E-state index < -0.39 is 0 Å². The molecule has 3 nitrogen and oxygen atoms in total. The highest BCUT2D eigenvalue weighted by Gasteiger charge is 2.38. The number of fused-ring (bicyclic) bond motifs is 1. The molecule has 1 aliphatic heterocycles. The summed E-state index contributed by atoms with van der Waals surface area (Å²) >= 11 is 0. The number of carbonyl (C=O) groups is 2. The van der Waals surface area contributed by atoms with Crippen molar-refractivity contribution in [1.82, 2.24) is 5.32 Å². The molecule has 1 heterocycles. The Hall–Kier alpha value is -0.860. The topological polar surface area (TPSA) is 46.2 Å². The van der Waals surface area contributed by atoms with Crippen molar-refractivity contribution in [1.29, 1.82) is 0 Å². The zero-order valence-electron chi connectivity index (χ0n) is 7.01. The molecule has 1 saturated heterocycles. The maximum absolute atomic E-state index is 11.4. The fraction of sp³-hybridized carbons (Fsp3) is 0.778. The van der Waals surface area contributed by atoms with Crippen molar-refractivity contribution in [3.63, 3.8) is 0 Å². The summed E-state index contributed by atoms with van der Waals surface area (Å²) in [6.45, 7) is 0.546. The number of hydrogen-bond acceptors (Lipinski definition) is 2. The Morgan fingerprint density at radius 2 is 1.92 bits per heavy atom. The second kappa shape index (κ2) is 2.88. The average Bonchev–Trinajstić information content (AvgIpc) is 2.47. The van der Waals surface area contributed by atoms with Gasteiger partial charge in [-0.15, -0.1) is 0 Å². The van der Waals surface area contributed by atoms with Gasteiger partial charge in [-0.3, -0.25) is 9.59 Å². The molecule has 0 aromatic heterocycles. The predicted octanol–water partition coefficient (Wildman–Crippen LogP) is 0.492. The number of amides is 1. The van der Waals surface area contributed by atoms with Crippen molar-refractivity contribution in [3.8, 4) is 0 Å². The average molecular weight is 167 g/mol. The Labute approximate surface area is 71.5 Å². The van der Waals surface area contributed by atoms with Crippen LogP contribution in [0.5, 0.6) is 0 Å². The van der Waals surface area contributed by atoms with Crippen LogP contribution in [0.2, 0.25) is 0 Å². The van der Waals surface area contributed by atoms with Crippen LogP contribution in [0.15, 0.2) is 0 Å². The van der Waals surface area contributed by atoms with E-state index in [1.807, 2.05) is 0 Å². The van der Waals surface area contributed by atoms with Crippen LogP contribution >= 0.6 is 0 Å². The molecule has 2 fully saturated rings. The molecule has 1 N–H and O–H groups in total. The Morgan fingerprint density at radius 1 is 1.17 bits per heavy atom. The van der Waals surface area contributed by atoms with E-state index in [-0.39, 0.29) is 23.5 Å². The van der Waals surface area contributed by atoms with Gasteiger partial charge in [0.2, 0.25) is 5.91 Å². The van der Waals surface area contributed by atoms with E-state index in [1.54, 1.807) is 0 Å². The maximum atomic E-state index is 11.4. The molecule has 0 spiro atoms. The lowest BCUT2D eigenvalue weighted by atomic mass is 9.91. The van der Waals surface area contributed by atoms with Gasteiger partial charge < -0.3 is 5.32 Å². The fourth-order valence-corrected chi connectivity index (χ4v) is 2.28. The number of Topliss-reactive ketones (excluding diaryl/α,β-unsaturated/α-hetero) is 1. The lowest BCUT2D eigenvalue weighted by Gasteiger charge is -2.11. The summed E-state index contributed by atoms with van der Waals surface area (Å²) in [5, 5.41) is 2.79. The third-order valence-corrected chi connectivity index (χ3v) is 2.94. The van der Waals surface area contributed by atoms with Gasteiger partial charge in [-0.1, -0.05) is 6.42 Å². The molecule has 2 unspecified atom stereocenters. The summed E-state index contributed by atoms with van der Waals surface area (Å²) in [5.41, 5.74) is 0. The zero-order valence-corrected chi connectivity index (χ0v) is 7.01. The van der Waals surface area contributed by atoms with Crippen LogP contribution in [0, 0.1) is 11.8 Å². The number of ketones is 1. The first-order valence-electron chi connectivity index (χ1n) is 4.59. The molecule has 0 aromatic carbocycles. The normalized spacial score (nSPS) is 35.7. The summed E-state index contributed by atoms with van der Waals surface area (Å²) in [7, 11) is 0. The van der Waals surface area contributed by atoms with Crippen molar-refractivity contribution in [3.05, 3.63) is 0 Å². The first-order chi connectivity index (χ1) is 5.79. The number of hydrogen-bond donors (Lipinski definition) is 1. The van der Waals surface area contributed by atoms with Crippen molar-refractivity contribution < 1.29 is 9.59 Å². The summed E-state index contributed by atoms with van der Waals surface area (Å²) in [6.07, 6.45) is 3.40. The quantitative estimate of drug-likeness (QED) is 0.570. The largest absolute Gasteiger partial charge is 0.355 e. The Kier molecular flexibility index (Phi) is 1.87. The molecule has 2 aliphatic rings. The van der Waals surface area contributed by atoms with E-state index in [1.165, 1.54) is 0 Å². The monoisotopic (exact) mass is 167 g/mol. The van der Waals surface area contributed by atoms with Gasteiger partial charge >= 0.3 is 0 Å². The van der Waals surface area contributed by atoms with Crippen molar-refractivity contribution >= 4 is 11.7 Å². The van der Waals surface area contributed by atoms with Crippen LogP contribution < -0.4 is 5.32 Å². The highest BCUT2D eigenvalue weighted by Crippen LogP contribution is 2.34. The van der Waals surface area contributed by atoms with E-state index >= 15 is 0 Å². The van der Waals surface area contributed by atoms with Crippen molar-refractivity contribution in [2.75, 3.05) is 6.54 Å². The molecular formula is C9H13NO2. The third-order valence-electron chi connectivity index (χ3n) is 2.94. The summed E-state index contributed by atoms with van der Waals surface area (Å²) < 4.78 is 0. The lowest BCUT2D eigenvalue weighted by molar-refractivity contribution is -0.129. The van der Waals surface area contributed by atoms with Crippen LogP contribution in [0.4, 0.5) is 0 Å². The molecule has 2 rings (SSSR count).